The molecule has 0 amide bonds. The number of nitrogen functional groups attached to an aromatic ring is 1. The lowest BCUT2D eigenvalue weighted by Gasteiger charge is -2.02. The van der Waals surface area contributed by atoms with E-state index in [2.05, 4.69) is 0 Å². The Labute approximate surface area is 77.0 Å². The maximum Gasteiger partial charge on any atom is 0.0980 e. The topological polar surface area (TPSA) is 39.2 Å². The van der Waals surface area contributed by atoms with Crippen LogP contribution in [0.4, 0.5) is 5.69 Å². The summed E-state index contributed by atoms with van der Waals surface area (Å²) >= 11 is 0. The minimum Gasteiger partial charge on any atom is -0.472 e. The van der Waals surface area contributed by atoms with Crippen LogP contribution in [-0.2, 0) is 0 Å². The fourth-order valence-corrected chi connectivity index (χ4v) is 1.25. The Bertz CT molecular complexity index is 404. The van der Waals surface area contributed by atoms with Gasteiger partial charge in [0.2, 0.25) is 0 Å². The standard InChI is InChI=1S/C11H11NO/c1-8-2-3-9(6-11(8)12)10-4-5-13-7-10/h2-7H,12H2,1H3. The van der Waals surface area contributed by atoms with Crippen LogP contribution in [0.15, 0.2) is 41.2 Å². The van der Waals surface area contributed by atoms with Gasteiger partial charge < -0.3 is 10.2 Å². The van der Waals surface area contributed by atoms with Crippen molar-refractivity contribution in [1.29, 1.82) is 0 Å². The number of nitrogens with two attached hydrogens (primary N) is 1. The molecule has 0 unspecified atom stereocenters. The van der Waals surface area contributed by atoms with Gasteiger partial charge in [-0.25, -0.2) is 0 Å². The summed E-state index contributed by atoms with van der Waals surface area (Å²) in [5, 5.41) is 0. The minimum atomic E-state index is 0.818. The molecule has 2 nitrogen and oxygen atoms in total. The summed E-state index contributed by atoms with van der Waals surface area (Å²) in [6.07, 6.45) is 3.37. The molecule has 0 bridgehead atoms. The van der Waals surface area contributed by atoms with Gasteiger partial charge in [0.05, 0.1) is 12.5 Å². The molecule has 0 radical (unpaired) electrons. The fraction of sp³-hybridized carbons (Fsp3) is 0.0909. The van der Waals surface area contributed by atoms with Gasteiger partial charge in [0.1, 0.15) is 0 Å². The molecule has 1 aromatic carbocycles. The van der Waals surface area contributed by atoms with Gasteiger partial charge in [0.25, 0.3) is 0 Å². The Balaban J connectivity index is 2.49. The lowest BCUT2D eigenvalue weighted by molar-refractivity contribution is 0.568. The lowest BCUT2D eigenvalue weighted by Crippen LogP contribution is -1.89. The first-order valence-corrected chi connectivity index (χ1v) is 4.16. The number of hydrogen-bond acceptors (Lipinski definition) is 2. The molecule has 66 valence electrons. The van der Waals surface area contributed by atoms with Gasteiger partial charge in [-0.1, -0.05) is 12.1 Å². The zero-order chi connectivity index (χ0) is 9.26. The van der Waals surface area contributed by atoms with E-state index in [1.54, 1.807) is 12.5 Å². The number of furan rings is 1. The fourth-order valence-electron chi connectivity index (χ4n) is 1.25. The zero-order valence-corrected chi connectivity index (χ0v) is 7.45. The molecule has 1 aromatic heterocycles. The molecule has 0 aliphatic heterocycles. The van der Waals surface area contributed by atoms with E-state index in [0.717, 1.165) is 22.4 Å². The largest absolute Gasteiger partial charge is 0.472 e. The molecule has 1 heterocycles. The van der Waals surface area contributed by atoms with E-state index in [-0.39, 0.29) is 0 Å². The first-order chi connectivity index (χ1) is 6.27. The van der Waals surface area contributed by atoms with Crippen molar-refractivity contribution in [1.82, 2.24) is 0 Å². The van der Waals surface area contributed by atoms with E-state index in [0.29, 0.717) is 0 Å². The first kappa shape index (κ1) is 7.92. The normalized spacial score (nSPS) is 10.2. The molecule has 2 N–H and O–H groups in total. The Morgan fingerprint density at radius 1 is 1.15 bits per heavy atom. The highest BCUT2D eigenvalue weighted by atomic mass is 16.3. The summed E-state index contributed by atoms with van der Waals surface area (Å²) in [7, 11) is 0. The van der Waals surface area contributed by atoms with E-state index in [1.807, 2.05) is 31.2 Å². The summed E-state index contributed by atoms with van der Waals surface area (Å²) in [6.45, 7) is 1.99. The van der Waals surface area contributed by atoms with Gasteiger partial charge in [-0.15, -0.1) is 0 Å². The van der Waals surface area contributed by atoms with Gasteiger partial charge in [0.15, 0.2) is 0 Å². The molecule has 0 spiro atoms. The second kappa shape index (κ2) is 2.98. The Hall–Kier alpha value is -1.70. The Morgan fingerprint density at radius 2 is 2.00 bits per heavy atom. The summed E-state index contributed by atoms with van der Waals surface area (Å²) in [5.41, 5.74) is 9.87. The number of anilines is 1. The predicted octanol–water partition coefficient (Wildman–Crippen LogP) is 2.84. The van der Waals surface area contributed by atoms with Gasteiger partial charge in [-0.2, -0.15) is 0 Å². The first-order valence-electron chi connectivity index (χ1n) is 4.16. The van der Waals surface area contributed by atoms with Crippen molar-refractivity contribution in [3.8, 4) is 11.1 Å². The lowest BCUT2D eigenvalue weighted by atomic mass is 10.1. The second-order valence-electron chi connectivity index (χ2n) is 3.08. The molecular formula is C11H11NO. The summed E-state index contributed by atoms with van der Waals surface area (Å²) in [6, 6.07) is 7.93. The molecule has 0 aliphatic rings. The highest BCUT2D eigenvalue weighted by Crippen LogP contribution is 2.23. The average molecular weight is 173 g/mol. The van der Waals surface area contributed by atoms with Gasteiger partial charge in [-0.05, 0) is 30.2 Å². The van der Waals surface area contributed by atoms with Gasteiger partial charge in [0, 0.05) is 11.3 Å². The molecular weight excluding hydrogens is 162 g/mol. The summed E-state index contributed by atoms with van der Waals surface area (Å²) in [5.74, 6) is 0. The molecule has 2 rings (SSSR count). The number of aryl methyl sites for hydroxylation is 1. The Morgan fingerprint density at radius 3 is 2.62 bits per heavy atom. The van der Waals surface area contributed by atoms with E-state index in [1.165, 1.54) is 0 Å². The monoisotopic (exact) mass is 173 g/mol. The molecule has 0 aliphatic carbocycles. The highest BCUT2D eigenvalue weighted by Gasteiger charge is 2.00. The Kier molecular flexibility index (Phi) is 1.81. The summed E-state index contributed by atoms with van der Waals surface area (Å²) < 4.78 is 5.00. The van der Waals surface area contributed by atoms with Crippen molar-refractivity contribution in [2.75, 3.05) is 5.73 Å². The van der Waals surface area contributed by atoms with E-state index >= 15 is 0 Å². The van der Waals surface area contributed by atoms with Crippen LogP contribution in [0.1, 0.15) is 5.56 Å². The van der Waals surface area contributed by atoms with E-state index < -0.39 is 0 Å². The van der Waals surface area contributed by atoms with Crippen LogP contribution < -0.4 is 5.73 Å². The quantitative estimate of drug-likeness (QED) is 0.673. The van der Waals surface area contributed by atoms with E-state index in [9.17, 15) is 0 Å². The third-order valence-corrected chi connectivity index (χ3v) is 2.13. The van der Waals surface area contributed by atoms with Crippen molar-refractivity contribution in [3.05, 3.63) is 42.4 Å². The SMILES string of the molecule is Cc1ccc(-c2ccoc2)cc1N. The molecule has 0 saturated heterocycles. The van der Waals surface area contributed by atoms with Gasteiger partial charge in [-0.3, -0.25) is 0 Å². The molecule has 0 atom stereocenters. The van der Waals surface area contributed by atoms with Crippen LogP contribution in [0.5, 0.6) is 0 Å². The highest BCUT2D eigenvalue weighted by molar-refractivity contribution is 5.67. The van der Waals surface area contributed by atoms with Crippen LogP contribution >= 0.6 is 0 Å². The molecule has 13 heavy (non-hydrogen) atoms. The average Bonchev–Trinajstić information content (AvgIpc) is 2.62. The molecule has 2 heteroatoms. The maximum absolute atomic E-state index is 5.80. The van der Waals surface area contributed by atoms with Crippen molar-refractivity contribution in [3.63, 3.8) is 0 Å². The third-order valence-electron chi connectivity index (χ3n) is 2.13. The van der Waals surface area contributed by atoms with Crippen molar-refractivity contribution in [2.45, 2.75) is 6.92 Å². The van der Waals surface area contributed by atoms with Crippen LogP contribution in [0.25, 0.3) is 11.1 Å². The van der Waals surface area contributed by atoms with Crippen LogP contribution in [0, 0.1) is 6.92 Å². The van der Waals surface area contributed by atoms with Crippen molar-refractivity contribution >= 4 is 5.69 Å². The van der Waals surface area contributed by atoms with Crippen LogP contribution in [-0.4, -0.2) is 0 Å². The van der Waals surface area contributed by atoms with Crippen molar-refractivity contribution in [2.24, 2.45) is 0 Å². The zero-order valence-electron chi connectivity index (χ0n) is 7.45. The number of rotatable bonds is 1. The molecule has 2 aromatic rings. The second-order valence-corrected chi connectivity index (χ2v) is 3.08. The van der Waals surface area contributed by atoms with Gasteiger partial charge >= 0.3 is 0 Å². The predicted molar refractivity (Wildman–Crippen MR) is 53.3 cm³/mol. The van der Waals surface area contributed by atoms with Crippen LogP contribution in [0.3, 0.4) is 0 Å². The molecule has 0 fully saturated rings. The van der Waals surface area contributed by atoms with E-state index in [4.69, 9.17) is 10.2 Å². The number of benzene rings is 1. The maximum atomic E-state index is 5.80. The number of hydrogen-bond donors (Lipinski definition) is 1. The van der Waals surface area contributed by atoms with Crippen molar-refractivity contribution < 1.29 is 4.42 Å². The molecule has 0 saturated carbocycles. The summed E-state index contributed by atoms with van der Waals surface area (Å²) in [4.78, 5) is 0. The van der Waals surface area contributed by atoms with Crippen LogP contribution in [0.2, 0.25) is 0 Å². The smallest absolute Gasteiger partial charge is 0.0980 e. The minimum absolute atomic E-state index is 0.818. The third kappa shape index (κ3) is 1.43.